The largest absolute Gasteiger partial charge is 0.321 e. The number of allylic oxidation sites excluding steroid dienone is 1. The summed E-state index contributed by atoms with van der Waals surface area (Å²) in [6, 6.07) is 10.4. The maximum absolute atomic E-state index is 12.8. The van der Waals surface area contributed by atoms with E-state index in [1.54, 1.807) is 30.3 Å². The first kappa shape index (κ1) is 24.5. The summed E-state index contributed by atoms with van der Waals surface area (Å²) in [4.78, 5) is 25.3. The summed E-state index contributed by atoms with van der Waals surface area (Å²) in [5.74, 6) is 4.29. The number of rotatable bonds is 7. The second-order valence-electron chi connectivity index (χ2n) is 6.49. The number of nitrogens with two attached hydrogens (primary N) is 1. The molecule has 5 N–H and O–H groups in total. The van der Waals surface area contributed by atoms with Crippen molar-refractivity contribution in [2.24, 2.45) is 10.9 Å². The minimum Gasteiger partial charge on any atom is -0.321 e. The van der Waals surface area contributed by atoms with Gasteiger partial charge in [0.15, 0.2) is 5.78 Å². The van der Waals surface area contributed by atoms with Crippen molar-refractivity contribution in [3.8, 4) is 0 Å². The number of aryl methyl sites for hydroxylation is 1. The molecule has 162 valence electrons. The van der Waals surface area contributed by atoms with Gasteiger partial charge in [0.05, 0.1) is 6.42 Å². The van der Waals surface area contributed by atoms with E-state index in [1.807, 2.05) is 26.0 Å². The predicted octanol–water partition coefficient (Wildman–Crippen LogP) is 3.92. The fraction of sp³-hybridized carbons (Fsp3) is 0.143. The van der Waals surface area contributed by atoms with Crippen LogP contribution >= 0.6 is 35.4 Å². The molecule has 2 aromatic carbocycles. The van der Waals surface area contributed by atoms with Crippen molar-refractivity contribution in [3.05, 3.63) is 69.2 Å². The number of nitrogens with zero attached hydrogens (tertiary/aromatic N) is 1. The van der Waals surface area contributed by atoms with Crippen LogP contribution in [0.15, 0.2) is 47.6 Å². The Hall–Kier alpha value is -2.78. The molecule has 1 amide bonds. The topological polar surface area (TPSA) is 109 Å². The van der Waals surface area contributed by atoms with Crippen molar-refractivity contribution in [3.63, 3.8) is 0 Å². The molecule has 0 bridgehead atoms. The Kier molecular flexibility index (Phi) is 9.14. The average Bonchev–Trinajstić information content (AvgIpc) is 2.73. The highest BCUT2D eigenvalue weighted by Crippen LogP contribution is 2.22. The second-order valence-corrected chi connectivity index (χ2v) is 7.74. The molecule has 2 rings (SSSR count). The lowest BCUT2D eigenvalue weighted by molar-refractivity contribution is -0.115. The molecule has 31 heavy (non-hydrogen) atoms. The average molecular weight is 478 g/mol. The lowest BCUT2D eigenvalue weighted by Crippen LogP contribution is -2.38. The molecule has 0 saturated heterocycles. The summed E-state index contributed by atoms with van der Waals surface area (Å²) < 4.78 is 0. The Morgan fingerprint density at radius 3 is 2.61 bits per heavy atom. The van der Waals surface area contributed by atoms with Crippen molar-refractivity contribution in [1.82, 2.24) is 10.9 Å². The summed E-state index contributed by atoms with van der Waals surface area (Å²) in [5.41, 5.74) is 7.71. The number of nitrogens with one attached hydrogen (secondary N) is 3. The van der Waals surface area contributed by atoms with Crippen LogP contribution in [0.25, 0.3) is 6.08 Å². The Morgan fingerprint density at radius 2 is 1.94 bits per heavy atom. The molecule has 2 aromatic rings. The second kappa shape index (κ2) is 11.6. The van der Waals surface area contributed by atoms with Crippen molar-refractivity contribution in [1.29, 1.82) is 0 Å². The Morgan fingerprint density at radius 1 is 1.19 bits per heavy atom. The number of hydrogen-bond acceptors (Lipinski definition) is 5. The van der Waals surface area contributed by atoms with Crippen LogP contribution in [0.4, 0.5) is 5.69 Å². The molecule has 0 saturated carbocycles. The Balaban J connectivity index is 2.19. The van der Waals surface area contributed by atoms with Crippen molar-refractivity contribution in [2.45, 2.75) is 20.3 Å². The molecule has 0 aromatic heterocycles. The van der Waals surface area contributed by atoms with Crippen LogP contribution in [0.2, 0.25) is 10.0 Å². The maximum Gasteiger partial charge on any atom is 0.272 e. The number of hydrazone groups is 1. The molecular formula is C21H21Cl2N5O2S. The summed E-state index contributed by atoms with van der Waals surface area (Å²) >= 11 is 16.9. The molecule has 10 heteroatoms. The van der Waals surface area contributed by atoms with Crippen molar-refractivity contribution < 1.29 is 9.59 Å². The quantitative estimate of drug-likeness (QED) is 0.158. The summed E-state index contributed by atoms with van der Waals surface area (Å²) in [6.07, 6.45) is 2.58. The molecule has 0 aliphatic rings. The molecule has 0 aliphatic carbocycles. The minimum atomic E-state index is -0.549. The van der Waals surface area contributed by atoms with Crippen LogP contribution in [-0.2, 0) is 9.59 Å². The standard InChI is InChI=1S/C21H21Cl2N5O2S/c1-12-4-3-5-18(13(12)2)25-20(30)19(27-28-21(31)26-24)11-16(29)9-7-14-6-8-15(22)10-17(14)23/h3-10H,11,24H2,1-2H3,(H,25,30)(H2,26,28,31)/b9-7+,27-19-. The van der Waals surface area contributed by atoms with Gasteiger partial charge in [0.1, 0.15) is 5.71 Å². The Labute approximate surface area is 195 Å². The van der Waals surface area contributed by atoms with E-state index >= 15 is 0 Å². The zero-order valence-electron chi connectivity index (χ0n) is 16.8. The van der Waals surface area contributed by atoms with E-state index in [1.165, 1.54) is 6.08 Å². The van der Waals surface area contributed by atoms with E-state index in [0.717, 1.165) is 11.1 Å². The third-order valence-electron chi connectivity index (χ3n) is 4.29. The highest BCUT2D eigenvalue weighted by atomic mass is 35.5. The third-order valence-corrected chi connectivity index (χ3v) is 5.06. The van der Waals surface area contributed by atoms with Gasteiger partial charge < -0.3 is 5.32 Å². The fourth-order valence-electron chi connectivity index (χ4n) is 2.45. The van der Waals surface area contributed by atoms with Gasteiger partial charge >= 0.3 is 0 Å². The van der Waals surface area contributed by atoms with E-state index in [9.17, 15) is 9.59 Å². The smallest absolute Gasteiger partial charge is 0.272 e. The van der Waals surface area contributed by atoms with E-state index in [-0.39, 0.29) is 23.0 Å². The van der Waals surface area contributed by atoms with Crippen molar-refractivity contribution >= 4 is 69.7 Å². The predicted molar refractivity (Wildman–Crippen MR) is 130 cm³/mol. The molecular weight excluding hydrogens is 457 g/mol. The number of halogens is 2. The molecule has 0 spiro atoms. The van der Waals surface area contributed by atoms with E-state index in [2.05, 4.69) is 21.3 Å². The van der Waals surface area contributed by atoms with Gasteiger partial charge in [0, 0.05) is 15.7 Å². The fourth-order valence-corrected chi connectivity index (χ4v) is 2.96. The van der Waals surface area contributed by atoms with E-state index in [0.29, 0.717) is 21.3 Å². The minimum absolute atomic E-state index is 0.00651. The van der Waals surface area contributed by atoms with Crippen molar-refractivity contribution in [2.75, 3.05) is 5.32 Å². The number of amides is 1. The van der Waals surface area contributed by atoms with Gasteiger partial charge in [-0.25, -0.2) is 5.84 Å². The number of benzene rings is 2. The molecule has 0 heterocycles. The first-order valence-corrected chi connectivity index (χ1v) is 10.2. The number of anilines is 1. The zero-order chi connectivity index (χ0) is 23.0. The van der Waals surface area contributed by atoms with Gasteiger partial charge in [0.25, 0.3) is 5.91 Å². The van der Waals surface area contributed by atoms with Gasteiger partial charge in [0.2, 0.25) is 5.11 Å². The Bertz CT molecular complexity index is 1070. The van der Waals surface area contributed by atoms with Crippen LogP contribution < -0.4 is 22.0 Å². The van der Waals surface area contributed by atoms with Crippen LogP contribution in [0.5, 0.6) is 0 Å². The summed E-state index contributed by atoms with van der Waals surface area (Å²) in [5, 5.41) is 7.59. The number of hydrogen-bond donors (Lipinski definition) is 4. The first-order chi connectivity index (χ1) is 14.7. The maximum atomic E-state index is 12.8. The van der Waals surface area contributed by atoms with Crippen LogP contribution in [0.3, 0.4) is 0 Å². The summed E-state index contributed by atoms with van der Waals surface area (Å²) in [7, 11) is 0. The van der Waals surface area contributed by atoms with E-state index in [4.69, 9.17) is 41.3 Å². The molecule has 0 atom stereocenters. The number of ketones is 1. The van der Waals surface area contributed by atoms with Gasteiger partial charge in [-0.05, 0) is 73.1 Å². The summed E-state index contributed by atoms with van der Waals surface area (Å²) in [6.45, 7) is 3.82. The highest BCUT2D eigenvalue weighted by Gasteiger charge is 2.17. The number of thiocarbonyl (C=S) groups is 1. The highest BCUT2D eigenvalue weighted by molar-refractivity contribution is 7.80. The zero-order valence-corrected chi connectivity index (χ0v) is 19.2. The van der Waals surface area contributed by atoms with Crippen LogP contribution in [0.1, 0.15) is 23.1 Å². The van der Waals surface area contributed by atoms with E-state index < -0.39 is 5.91 Å². The number of hydrazine groups is 1. The molecule has 0 fully saturated rings. The van der Waals surface area contributed by atoms with Gasteiger partial charge in [-0.3, -0.25) is 20.4 Å². The first-order valence-electron chi connectivity index (χ1n) is 9.08. The monoisotopic (exact) mass is 477 g/mol. The lowest BCUT2D eigenvalue weighted by atomic mass is 10.1. The number of carbonyl (C=O) groups is 2. The van der Waals surface area contributed by atoms with Gasteiger partial charge in [-0.15, -0.1) is 0 Å². The molecule has 0 unspecified atom stereocenters. The SMILES string of the molecule is Cc1cccc(NC(=O)/C(CC(=O)/C=C/c2ccc(Cl)cc2Cl)=N\NC(=S)NN)c1C. The van der Waals surface area contributed by atoms with Gasteiger partial charge in [-0.1, -0.05) is 41.4 Å². The van der Waals surface area contributed by atoms with Crippen LogP contribution in [-0.4, -0.2) is 22.5 Å². The molecule has 0 radical (unpaired) electrons. The van der Waals surface area contributed by atoms with Crippen LogP contribution in [0, 0.1) is 13.8 Å². The molecule has 0 aliphatic heterocycles. The number of carbonyl (C=O) groups excluding carboxylic acids is 2. The molecule has 7 nitrogen and oxygen atoms in total. The normalized spacial score (nSPS) is 11.3. The third kappa shape index (κ3) is 7.45. The lowest BCUT2D eigenvalue weighted by Gasteiger charge is -2.11. The van der Waals surface area contributed by atoms with Gasteiger partial charge in [-0.2, -0.15) is 5.10 Å².